The van der Waals surface area contributed by atoms with E-state index in [0.29, 0.717) is 0 Å². The van der Waals surface area contributed by atoms with Crippen LogP contribution < -0.4 is 0 Å². The zero-order valence-electron chi connectivity index (χ0n) is 19.9. The monoisotopic (exact) mass is 458 g/mol. The van der Waals surface area contributed by atoms with Gasteiger partial charge in [0.1, 0.15) is 5.82 Å². The third kappa shape index (κ3) is 2.48. The molecule has 0 spiro atoms. The quantitative estimate of drug-likeness (QED) is 0.236. The minimum atomic E-state index is 1.03. The summed E-state index contributed by atoms with van der Waals surface area (Å²) < 4.78 is 2.33. The number of benzene rings is 6. The molecule has 0 unspecified atom stereocenters. The highest BCUT2D eigenvalue weighted by Gasteiger charge is 2.22. The highest BCUT2D eigenvalue weighted by molar-refractivity contribution is 6.27. The second-order valence-corrected chi connectivity index (χ2v) is 9.57. The van der Waals surface area contributed by atoms with Crippen LogP contribution in [0.15, 0.2) is 115 Å². The summed E-state index contributed by atoms with van der Waals surface area (Å²) in [5.74, 6) is 1.03. The number of fused-ring (bicyclic) bond motifs is 5. The highest BCUT2D eigenvalue weighted by Crippen LogP contribution is 2.47. The Labute approximate surface area is 208 Å². The van der Waals surface area contributed by atoms with Gasteiger partial charge in [-0.15, -0.1) is 0 Å². The summed E-state index contributed by atoms with van der Waals surface area (Å²) in [7, 11) is 0. The van der Waals surface area contributed by atoms with E-state index in [1.54, 1.807) is 0 Å². The third-order valence-electron chi connectivity index (χ3n) is 7.66. The number of aromatic nitrogens is 2. The first kappa shape index (κ1) is 19.6. The lowest BCUT2D eigenvalue weighted by molar-refractivity contribution is 1.09. The van der Waals surface area contributed by atoms with Gasteiger partial charge in [0.25, 0.3) is 0 Å². The maximum absolute atomic E-state index is 4.90. The normalized spacial score (nSPS) is 12.0. The molecular weight excluding hydrogens is 436 g/mol. The van der Waals surface area contributed by atoms with Gasteiger partial charge in [-0.1, -0.05) is 103 Å². The molecule has 0 aliphatic rings. The standard InChI is InChI=1S/C34H22N2/c1-21-35-29-20-19-28(33-27-17-9-10-18-30(27)36(21)34(29)33)32-25-15-7-5-13-23(25)31(22-11-3-2-4-12-22)24-14-6-8-16-26(24)32/h2-20H,1H3. The van der Waals surface area contributed by atoms with Crippen molar-refractivity contribution in [1.29, 1.82) is 0 Å². The topological polar surface area (TPSA) is 17.3 Å². The van der Waals surface area contributed by atoms with Crippen molar-refractivity contribution in [1.82, 2.24) is 9.38 Å². The number of imidazole rings is 1. The van der Waals surface area contributed by atoms with Gasteiger partial charge in [-0.25, -0.2) is 4.98 Å². The Morgan fingerprint density at radius 2 is 1.08 bits per heavy atom. The molecule has 168 valence electrons. The van der Waals surface area contributed by atoms with Crippen LogP contribution in [0.25, 0.3) is 71.1 Å². The fourth-order valence-electron chi connectivity index (χ4n) is 6.27. The third-order valence-corrected chi connectivity index (χ3v) is 7.66. The molecular formula is C34H22N2. The van der Waals surface area contributed by atoms with Gasteiger partial charge in [0.15, 0.2) is 0 Å². The summed E-state index contributed by atoms with van der Waals surface area (Å²) in [5, 5.41) is 7.67. The average molecular weight is 459 g/mol. The van der Waals surface area contributed by atoms with E-state index < -0.39 is 0 Å². The van der Waals surface area contributed by atoms with Crippen molar-refractivity contribution in [2.75, 3.05) is 0 Å². The van der Waals surface area contributed by atoms with Crippen LogP contribution in [0.5, 0.6) is 0 Å². The van der Waals surface area contributed by atoms with E-state index in [2.05, 4.69) is 127 Å². The van der Waals surface area contributed by atoms with E-state index >= 15 is 0 Å². The summed E-state index contributed by atoms with van der Waals surface area (Å²) in [6.45, 7) is 2.10. The van der Waals surface area contributed by atoms with Crippen molar-refractivity contribution < 1.29 is 0 Å². The maximum Gasteiger partial charge on any atom is 0.111 e. The van der Waals surface area contributed by atoms with E-state index in [9.17, 15) is 0 Å². The predicted molar refractivity (Wildman–Crippen MR) is 152 cm³/mol. The number of para-hydroxylation sites is 1. The highest BCUT2D eigenvalue weighted by atomic mass is 15.0. The molecule has 2 nitrogen and oxygen atoms in total. The molecule has 0 aliphatic carbocycles. The minimum absolute atomic E-state index is 1.03. The van der Waals surface area contributed by atoms with E-state index in [1.807, 2.05) is 0 Å². The molecule has 0 amide bonds. The zero-order chi connectivity index (χ0) is 23.8. The molecule has 0 aliphatic heterocycles. The Bertz CT molecular complexity index is 2040. The molecule has 0 N–H and O–H groups in total. The van der Waals surface area contributed by atoms with Crippen LogP contribution in [0.1, 0.15) is 5.82 Å². The predicted octanol–water partition coefficient (Wildman–Crippen LogP) is 9.03. The summed E-state index contributed by atoms with van der Waals surface area (Å²) in [6.07, 6.45) is 0. The molecule has 6 aromatic carbocycles. The van der Waals surface area contributed by atoms with Gasteiger partial charge >= 0.3 is 0 Å². The van der Waals surface area contributed by atoms with Crippen LogP contribution in [0.2, 0.25) is 0 Å². The fourth-order valence-corrected chi connectivity index (χ4v) is 6.27. The largest absolute Gasteiger partial charge is 0.295 e. The van der Waals surface area contributed by atoms with Gasteiger partial charge in [0.2, 0.25) is 0 Å². The molecule has 2 heteroatoms. The van der Waals surface area contributed by atoms with Crippen molar-refractivity contribution in [3.63, 3.8) is 0 Å². The lowest BCUT2D eigenvalue weighted by atomic mass is 9.85. The van der Waals surface area contributed by atoms with Crippen molar-refractivity contribution in [2.45, 2.75) is 6.92 Å². The molecule has 36 heavy (non-hydrogen) atoms. The van der Waals surface area contributed by atoms with Crippen molar-refractivity contribution >= 4 is 48.9 Å². The fraction of sp³-hybridized carbons (Fsp3) is 0.0294. The lowest BCUT2D eigenvalue weighted by Gasteiger charge is -2.18. The molecule has 8 aromatic rings. The summed E-state index contributed by atoms with van der Waals surface area (Å²) in [4.78, 5) is 4.90. The summed E-state index contributed by atoms with van der Waals surface area (Å²) in [6, 6.07) is 41.7. The van der Waals surface area contributed by atoms with Crippen LogP contribution in [0, 0.1) is 6.92 Å². The van der Waals surface area contributed by atoms with Crippen LogP contribution in [0.4, 0.5) is 0 Å². The molecule has 0 radical (unpaired) electrons. The molecule has 0 saturated carbocycles. The van der Waals surface area contributed by atoms with E-state index in [4.69, 9.17) is 4.98 Å². The minimum Gasteiger partial charge on any atom is -0.295 e. The van der Waals surface area contributed by atoms with Crippen LogP contribution in [0.3, 0.4) is 0 Å². The smallest absolute Gasteiger partial charge is 0.111 e. The number of nitrogens with zero attached hydrogens (tertiary/aromatic N) is 2. The molecule has 0 atom stereocenters. The Morgan fingerprint density at radius 1 is 0.528 bits per heavy atom. The second kappa shape index (κ2) is 7.16. The van der Waals surface area contributed by atoms with E-state index in [0.717, 1.165) is 11.3 Å². The Hall–Kier alpha value is -4.69. The average Bonchev–Trinajstić information content (AvgIpc) is 3.46. The van der Waals surface area contributed by atoms with Gasteiger partial charge in [-0.05, 0) is 62.9 Å². The number of aryl methyl sites for hydroxylation is 1. The van der Waals surface area contributed by atoms with Gasteiger partial charge in [0.05, 0.1) is 16.6 Å². The van der Waals surface area contributed by atoms with Gasteiger partial charge in [-0.2, -0.15) is 0 Å². The molecule has 0 fully saturated rings. The zero-order valence-corrected chi connectivity index (χ0v) is 19.9. The molecule has 2 heterocycles. The molecule has 8 rings (SSSR count). The lowest BCUT2D eigenvalue weighted by Crippen LogP contribution is -1.91. The van der Waals surface area contributed by atoms with Gasteiger partial charge in [-0.3, -0.25) is 4.40 Å². The van der Waals surface area contributed by atoms with E-state index in [1.165, 1.54) is 65.6 Å². The number of hydrogen-bond donors (Lipinski definition) is 0. The SMILES string of the molecule is Cc1nc2ccc(-c3c4ccccc4c(-c4ccccc4)c4ccccc34)c3c4ccccc4n1c23. The first-order chi connectivity index (χ1) is 17.8. The molecule has 0 saturated heterocycles. The summed E-state index contributed by atoms with van der Waals surface area (Å²) >= 11 is 0. The summed E-state index contributed by atoms with van der Waals surface area (Å²) in [5.41, 5.74) is 8.58. The number of rotatable bonds is 2. The van der Waals surface area contributed by atoms with Crippen molar-refractivity contribution in [3.05, 3.63) is 121 Å². The van der Waals surface area contributed by atoms with Crippen molar-refractivity contribution in [3.8, 4) is 22.3 Å². The number of hydrogen-bond acceptors (Lipinski definition) is 1. The Balaban J connectivity index is 1.62. The second-order valence-electron chi connectivity index (χ2n) is 9.57. The Kier molecular flexibility index (Phi) is 3.90. The molecule has 2 aromatic heterocycles. The first-order valence-corrected chi connectivity index (χ1v) is 12.4. The first-order valence-electron chi connectivity index (χ1n) is 12.4. The molecule has 0 bridgehead atoms. The Morgan fingerprint density at radius 3 is 1.75 bits per heavy atom. The van der Waals surface area contributed by atoms with Crippen molar-refractivity contribution in [2.24, 2.45) is 0 Å². The van der Waals surface area contributed by atoms with E-state index in [-0.39, 0.29) is 0 Å². The van der Waals surface area contributed by atoms with Gasteiger partial charge < -0.3 is 0 Å². The van der Waals surface area contributed by atoms with Crippen LogP contribution in [-0.4, -0.2) is 9.38 Å². The van der Waals surface area contributed by atoms with Crippen LogP contribution >= 0.6 is 0 Å². The maximum atomic E-state index is 4.90. The van der Waals surface area contributed by atoms with Gasteiger partial charge in [0, 0.05) is 10.8 Å². The van der Waals surface area contributed by atoms with Crippen LogP contribution in [-0.2, 0) is 0 Å².